The maximum absolute atomic E-state index is 13.1. The highest BCUT2D eigenvalue weighted by Crippen LogP contribution is 2.33. The zero-order valence-electron chi connectivity index (χ0n) is 18.1. The number of nitrogens with two attached hydrogens (primary N) is 1. The molecule has 0 unspecified atom stereocenters. The molecule has 33 heavy (non-hydrogen) atoms. The number of piperazine rings is 1. The van der Waals surface area contributed by atoms with E-state index in [1.165, 1.54) is 10.8 Å². The Morgan fingerprint density at radius 2 is 1.91 bits per heavy atom. The van der Waals surface area contributed by atoms with Crippen molar-refractivity contribution in [1.82, 2.24) is 24.8 Å². The summed E-state index contributed by atoms with van der Waals surface area (Å²) >= 11 is 0. The number of amides is 1. The maximum atomic E-state index is 13.1. The van der Waals surface area contributed by atoms with E-state index < -0.39 is 22.8 Å². The molecule has 3 aromatic heterocycles. The van der Waals surface area contributed by atoms with Gasteiger partial charge in [-0.15, -0.1) is 0 Å². The van der Waals surface area contributed by atoms with Crippen LogP contribution in [0.3, 0.4) is 0 Å². The molecule has 4 heterocycles. The molecule has 3 aromatic rings. The topological polar surface area (TPSA) is 151 Å². The second kappa shape index (κ2) is 8.66. The van der Waals surface area contributed by atoms with Gasteiger partial charge in [0.1, 0.15) is 17.1 Å². The van der Waals surface area contributed by atoms with Gasteiger partial charge in [0.05, 0.1) is 17.3 Å². The monoisotopic (exact) mass is 450 g/mol. The van der Waals surface area contributed by atoms with E-state index in [-0.39, 0.29) is 23.0 Å². The molecule has 1 saturated heterocycles. The minimum absolute atomic E-state index is 0.113. The quantitative estimate of drug-likeness (QED) is 0.450. The molecule has 172 valence electrons. The third-order valence-corrected chi connectivity index (χ3v) is 6.33. The molecule has 11 nitrogen and oxygen atoms in total. The van der Waals surface area contributed by atoms with Gasteiger partial charge in [0.15, 0.2) is 5.65 Å². The summed E-state index contributed by atoms with van der Waals surface area (Å²) in [6, 6.07) is 3.72. The first-order valence-corrected chi connectivity index (χ1v) is 11.2. The second-order valence-corrected chi connectivity index (χ2v) is 8.40. The van der Waals surface area contributed by atoms with Gasteiger partial charge in [-0.1, -0.05) is 12.8 Å². The number of hydrogen-bond donors (Lipinski definition) is 4. The van der Waals surface area contributed by atoms with Gasteiger partial charge in [-0.3, -0.25) is 14.2 Å². The molecule has 0 radical (unpaired) electrons. The van der Waals surface area contributed by atoms with E-state index in [0.29, 0.717) is 5.82 Å². The molecule has 2 aliphatic rings. The molecule has 11 heteroatoms. The first-order chi connectivity index (χ1) is 16.0. The van der Waals surface area contributed by atoms with Crippen LogP contribution in [0.25, 0.3) is 11.0 Å². The summed E-state index contributed by atoms with van der Waals surface area (Å²) in [4.78, 5) is 40.5. The van der Waals surface area contributed by atoms with Crippen LogP contribution < -0.4 is 26.8 Å². The number of aromatic nitrogens is 4. The Hall–Kier alpha value is -3.73. The predicted molar refractivity (Wildman–Crippen MR) is 124 cm³/mol. The van der Waals surface area contributed by atoms with E-state index in [1.807, 2.05) is 12.1 Å². The number of aromatic hydroxyl groups is 1. The summed E-state index contributed by atoms with van der Waals surface area (Å²) in [5, 5.41) is 17.2. The Bertz CT molecular complexity index is 1250. The van der Waals surface area contributed by atoms with Gasteiger partial charge in [-0.25, -0.2) is 9.97 Å². The van der Waals surface area contributed by atoms with Gasteiger partial charge in [0.2, 0.25) is 5.95 Å². The molecular weight excluding hydrogens is 424 g/mol. The molecule has 5 N–H and O–H groups in total. The fourth-order valence-corrected chi connectivity index (χ4v) is 4.64. The Morgan fingerprint density at radius 3 is 2.58 bits per heavy atom. The van der Waals surface area contributed by atoms with Gasteiger partial charge in [-0.2, -0.15) is 4.98 Å². The SMILES string of the molecule is NC(=O)c1c(O)c2cnc(Nc3ccc(N4CCNCC4)cn3)nc2n(C2CCCC2)c1=O. The molecule has 1 saturated carbocycles. The van der Waals surface area contributed by atoms with E-state index in [2.05, 4.69) is 30.5 Å². The summed E-state index contributed by atoms with van der Waals surface area (Å²) in [5.41, 5.74) is 5.65. The lowest BCUT2D eigenvalue weighted by molar-refractivity contribution is 0.0995. The van der Waals surface area contributed by atoms with Crippen molar-refractivity contribution in [2.45, 2.75) is 31.7 Å². The van der Waals surface area contributed by atoms with Gasteiger partial charge in [-0.05, 0) is 25.0 Å². The summed E-state index contributed by atoms with van der Waals surface area (Å²) < 4.78 is 1.48. The summed E-state index contributed by atoms with van der Waals surface area (Å²) in [7, 11) is 0. The van der Waals surface area contributed by atoms with Crippen LogP contribution in [0.4, 0.5) is 17.5 Å². The van der Waals surface area contributed by atoms with Gasteiger partial charge < -0.3 is 26.4 Å². The minimum atomic E-state index is -0.970. The average molecular weight is 451 g/mol. The zero-order valence-corrected chi connectivity index (χ0v) is 18.1. The molecule has 5 rings (SSSR count). The van der Waals surface area contributed by atoms with E-state index in [9.17, 15) is 14.7 Å². The number of fused-ring (bicyclic) bond motifs is 1. The lowest BCUT2D eigenvalue weighted by Gasteiger charge is -2.29. The van der Waals surface area contributed by atoms with E-state index >= 15 is 0 Å². The minimum Gasteiger partial charge on any atom is -0.506 e. The highest BCUT2D eigenvalue weighted by Gasteiger charge is 2.27. The molecule has 0 spiro atoms. The van der Waals surface area contributed by atoms with Crippen LogP contribution >= 0.6 is 0 Å². The Balaban J connectivity index is 1.51. The molecular formula is C22H26N8O3. The first kappa shape index (κ1) is 21.1. The number of nitrogens with zero attached hydrogens (tertiary/aromatic N) is 5. The number of anilines is 3. The van der Waals surface area contributed by atoms with Crippen LogP contribution in [0, 0.1) is 0 Å². The van der Waals surface area contributed by atoms with Gasteiger partial charge in [0, 0.05) is 38.4 Å². The summed E-state index contributed by atoms with van der Waals surface area (Å²) in [5.74, 6) is -0.660. The molecule has 1 aliphatic heterocycles. The number of hydrogen-bond acceptors (Lipinski definition) is 9. The number of rotatable bonds is 5. The van der Waals surface area contributed by atoms with Crippen LogP contribution in [0.5, 0.6) is 5.75 Å². The number of carbonyl (C=O) groups excluding carboxylic acids is 1. The number of pyridine rings is 2. The molecule has 0 atom stereocenters. The van der Waals surface area contributed by atoms with Crippen molar-refractivity contribution < 1.29 is 9.90 Å². The van der Waals surface area contributed by atoms with Gasteiger partial charge >= 0.3 is 0 Å². The largest absolute Gasteiger partial charge is 0.506 e. The molecule has 2 fully saturated rings. The van der Waals surface area contributed by atoms with Gasteiger partial charge in [0.25, 0.3) is 11.5 Å². The molecule has 1 aliphatic carbocycles. The van der Waals surface area contributed by atoms with Crippen LogP contribution in [-0.2, 0) is 0 Å². The lowest BCUT2D eigenvalue weighted by Crippen LogP contribution is -2.43. The van der Waals surface area contributed by atoms with Crippen LogP contribution in [-0.4, -0.2) is 56.7 Å². The standard InChI is InChI=1S/C22H26N8O3/c23-19(32)17-18(31)15-12-26-22(28-20(15)30(21(17)33)13-3-1-2-4-13)27-16-6-5-14(11-25-16)29-9-7-24-8-10-29/h5-6,11-13,24,31H,1-4,7-10H2,(H2,23,32)(H,25,26,27,28). The fraction of sp³-hybridized carbons (Fsp3) is 0.409. The third-order valence-electron chi connectivity index (χ3n) is 6.33. The van der Waals surface area contributed by atoms with Crippen molar-refractivity contribution in [2.75, 3.05) is 36.4 Å². The maximum Gasteiger partial charge on any atom is 0.269 e. The summed E-state index contributed by atoms with van der Waals surface area (Å²) in [6.07, 6.45) is 6.73. The average Bonchev–Trinajstić information content (AvgIpc) is 3.34. The predicted octanol–water partition coefficient (Wildman–Crippen LogP) is 1.26. The van der Waals surface area contributed by atoms with E-state index in [4.69, 9.17) is 5.73 Å². The van der Waals surface area contributed by atoms with Crippen molar-refractivity contribution in [3.8, 4) is 5.75 Å². The van der Waals surface area contributed by atoms with Crippen molar-refractivity contribution in [3.63, 3.8) is 0 Å². The Morgan fingerprint density at radius 1 is 1.15 bits per heavy atom. The molecule has 0 aromatic carbocycles. The van der Waals surface area contributed by atoms with Crippen LogP contribution in [0.15, 0.2) is 29.3 Å². The van der Waals surface area contributed by atoms with E-state index in [0.717, 1.165) is 57.5 Å². The number of nitrogens with one attached hydrogen (secondary N) is 2. The lowest BCUT2D eigenvalue weighted by atomic mass is 10.1. The fourth-order valence-electron chi connectivity index (χ4n) is 4.64. The number of carbonyl (C=O) groups is 1. The Labute approximate surface area is 189 Å². The van der Waals surface area contributed by atoms with E-state index in [1.54, 1.807) is 6.20 Å². The van der Waals surface area contributed by atoms with Crippen LogP contribution in [0.2, 0.25) is 0 Å². The van der Waals surface area contributed by atoms with Crippen molar-refractivity contribution in [3.05, 3.63) is 40.4 Å². The third kappa shape index (κ3) is 3.95. The second-order valence-electron chi connectivity index (χ2n) is 8.40. The number of primary amides is 1. The highest BCUT2D eigenvalue weighted by atomic mass is 16.3. The molecule has 1 amide bonds. The van der Waals surface area contributed by atoms with Crippen molar-refractivity contribution in [1.29, 1.82) is 0 Å². The molecule has 0 bridgehead atoms. The van der Waals surface area contributed by atoms with Crippen molar-refractivity contribution >= 4 is 34.4 Å². The zero-order chi connectivity index (χ0) is 22.9. The van der Waals surface area contributed by atoms with Crippen LogP contribution in [0.1, 0.15) is 42.1 Å². The van der Waals surface area contributed by atoms with Crippen molar-refractivity contribution in [2.24, 2.45) is 5.73 Å². The Kier molecular flexibility index (Phi) is 5.55. The highest BCUT2D eigenvalue weighted by molar-refractivity contribution is 6.00. The normalized spacial score (nSPS) is 16.9. The first-order valence-electron chi connectivity index (χ1n) is 11.2. The summed E-state index contributed by atoms with van der Waals surface area (Å²) in [6.45, 7) is 3.74. The smallest absolute Gasteiger partial charge is 0.269 e.